The predicted octanol–water partition coefficient (Wildman–Crippen LogP) is 6.15. The maximum absolute atomic E-state index is 13.6. The van der Waals surface area contributed by atoms with Gasteiger partial charge in [0, 0.05) is 12.0 Å². The lowest BCUT2D eigenvalue weighted by molar-refractivity contribution is -0.377. The average Bonchev–Trinajstić information content (AvgIpc) is 3.04. The van der Waals surface area contributed by atoms with Crippen molar-refractivity contribution in [2.24, 2.45) is 0 Å². The molecule has 1 heterocycles. The van der Waals surface area contributed by atoms with Gasteiger partial charge in [0.2, 0.25) is 10.0 Å². The highest BCUT2D eigenvalue weighted by atomic mass is 35.5. The maximum Gasteiger partial charge on any atom is 0.338 e. The van der Waals surface area contributed by atoms with Crippen LogP contribution in [0.3, 0.4) is 0 Å². The molecule has 0 radical (unpaired) electrons. The van der Waals surface area contributed by atoms with E-state index < -0.39 is 39.7 Å². The van der Waals surface area contributed by atoms with Gasteiger partial charge < -0.3 is 24.4 Å². The quantitative estimate of drug-likeness (QED) is 0.169. The number of ether oxygens (including phenoxy) is 4. The van der Waals surface area contributed by atoms with E-state index in [1.165, 1.54) is 38.5 Å². The third-order valence-electron chi connectivity index (χ3n) is 6.84. The number of H-pyrrole nitrogens is 1. The second-order valence-electron chi connectivity index (χ2n) is 11.4. The standard InChI is InChI=1S/C34H34Cl2N2O8S.H2O/c1-34(2,3)46-33(40)31(21-10-7-6-8-11-21)38-47(41,42)24-13-9-12-23(16-24)32(39)45-29(18-25-26(35)19-37-20-27(25)36)22-14-15-28(43-4)30(17-22)44-5;/h6-17,19-20,29,31,38H,18H2,1-5H3;1H2/t29-,31?;/m0./s1. The van der Waals surface area contributed by atoms with Gasteiger partial charge in [-0.1, -0.05) is 65.7 Å². The summed E-state index contributed by atoms with van der Waals surface area (Å²) in [5.74, 6) is -0.723. The number of pyridine rings is 1. The van der Waals surface area contributed by atoms with E-state index in [0.717, 1.165) is 0 Å². The molecule has 2 atom stereocenters. The molecule has 0 bridgehead atoms. The van der Waals surface area contributed by atoms with Crippen LogP contribution in [-0.2, 0) is 30.7 Å². The lowest BCUT2D eigenvalue weighted by Crippen LogP contribution is -2.38. The van der Waals surface area contributed by atoms with Crippen LogP contribution in [0.4, 0.5) is 0 Å². The number of methoxy groups -OCH3 is 2. The smallest absolute Gasteiger partial charge is 0.338 e. The maximum atomic E-state index is 13.6. The van der Waals surface area contributed by atoms with Gasteiger partial charge in [0.25, 0.3) is 0 Å². The lowest BCUT2D eigenvalue weighted by atomic mass is 10.0. The molecule has 0 saturated heterocycles. The van der Waals surface area contributed by atoms with E-state index in [2.05, 4.69) is 9.71 Å². The lowest BCUT2D eigenvalue weighted by Gasteiger charge is -2.25. The summed E-state index contributed by atoms with van der Waals surface area (Å²) >= 11 is 12.9. The number of nitrogens with one attached hydrogen (secondary N) is 2. The number of carbonyl (C=O) groups is 2. The normalized spacial score (nSPS) is 12.6. The first-order valence-electron chi connectivity index (χ1n) is 14.4. The molecular weight excluding hydrogens is 683 g/mol. The van der Waals surface area contributed by atoms with Crippen LogP contribution in [0.2, 0.25) is 10.0 Å². The van der Waals surface area contributed by atoms with Crippen LogP contribution in [0.1, 0.15) is 60.0 Å². The molecule has 48 heavy (non-hydrogen) atoms. The number of aromatic amines is 1. The van der Waals surface area contributed by atoms with Crippen LogP contribution in [-0.4, -0.2) is 45.7 Å². The van der Waals surface area contributed by atoms with E-state index in [4.69, 9.17) is 42.1 Å². The molecule has 3 N–H and O–H groups in total. The first kappa shape index (κ1) is 38.2. The van der Waals surface area contributed by atoms with Crippen LogP contribution < -0.4 is 19.2 Å². The summed E-state index contributed by atoms with van der Waals surface area (Å²) in [4.78, 5) is 29.3. The van der Waals surface area contributed by atoms with Crippen molar-refractivity contribution in [3.63, 3.8) is 0 Å². The number of aromatic nitrogens is 1. The first-order chi connectivity index (χ1) is 22.2. The number of hydrogen-bond acceptors (Lipinski definition) is 9. The van der Waals surface area contributed by atoms with Gasteiger partial charge in [-0.3, -0.25) is 0 Å². The van der Waals surface area contributed by atoms with Gasteiger partial charge in [-0.15, -0.1) is 0 Å². The Kier molecular flexibility index (Phi) is 13.0. The van der Waals surface area contributed by atoms with Crippen molar-refractivity contribution in [1.82, 2.24) is 4.72 Å². The van der Waals surface area contributed by atoms with Gasteiger partial charge in [0.15, 0.2) is 23.9 Å². The summed E-state index contributed by atoms with van der Waals surface area (Å²) in [7, 11) is -1.37. The van der Waals surface area contributed by atoms with Gasteiger partial charge >= 0.3 is 11.9 Å². The second kappa shape index (κ2) is 16.3. The summed E-state index contributed by atoms with van der Waals surface area (Å²) in [5.41, 5.74) is 0.537. The Morgan fingerprint density at radius 1 is 0.854 bits per heavy atom. The fourth-order valence-electron chi connectivity index (χ4n) is 4.61. The number of sulfonamides is 1. The molecular formula is C34H36Cl2N2O9S. The molecule has 4 rings (SSSR count). The predicted molar refractivity (Wildman–Crippen MR) is 178 cm³/mol. The third kappa shape index (κ3) is 9.68. The molecule has 0 aliphatic carbocycles. The minimum atomic E-state index is -4.35. The number of rotatable bonds is 12. The van der Waals surface area contributed by atoms with E-state index >= 15 is 0 Å². The zero-order chi connectivity index (χ0) is 34.4. The van der Waals surface area contributed by atoms with Gasteiger partial charge in [-0.05, 0) is 62.2 Å². The molecule has 0 saturated carbocycles. The summed E-state index contributed by atoms with van der Waals surface area (Å²) < 4.78 is 51.9. The Morgan fingerprint density at radius 2 is 1.50 bits per heavy atom. The molecule has 4 aromatic rings. The molecule has 256 valence electrons. The highest BCUT2D eigenvalue weighted by Crippen LogP contribution is 2.35. The van der Waals surface area contributed by atoms with Crippen LogP contribution in [0.15, 0.2) is 90.1 Å². The Morgan fingerprint density at radius 3 is 2.10 bits per heavy atom. The van der Waals surface area contributed by atoms with Gasteiger partial charge in [0.05, 0.1) is 24.7 Å². The molecule has 0 aliphatic rings. The summed E-state index contributed by atoms with van der Waals surface area (Å²) in [6, 6.07) is 17.3. The van der Waals surface area contributed by atoms with Gasteiger partial charge in [0.1, 0.15) is 27.8 Å². The Balaban J connectivity index is 0.00000625. The van der Waals surface area contributed by atoms with E-state index in [9.17, 15) is 18.0 Å². The van der Waals surface area contributed by atoms with Crippen molar-refractivity contribution in [3.05, 3.63) is 117 Å². The van der Waals surface area contributed by atoms with Crippen molar-refractivity contribution in [2.45, 2.75) is 49.8 Å². The molecule has 3 aromatic carbocycles. The minimum absolute atomic E-state index is 0. The minimum Gasteiger partial charge on any atom is -0.870 e. The largest absolute Gasteiger partial charge is 0.870 e. The van der Waals surface area contributed by atoms with Crippen LogP contribution in [0.25, 0.3) is 0 Å². The molecule has 14 heteroatoms. The fraction of sp³-hybridized carbons (Fsp3) is 0.265. The van der Waals surface area contributed by atoms with Crippen LogP contribution in [0.5, 0.6) is 11.5 Å². The summed E-state index contributed by atoms with van der Waals surface area (Å²) in [5, 5.41) is 0.660. The zero-order valence-electron chi connectivity index (χ0n) is 26.8. The molecule has 0 spiro atoms. The molecule has 0 fully saturated rings. The van der Waals surface area contributed by atoms with E-state index in [1.807, 2.05) is 0 Å². The Hall–Kier alpha value is -4.20. The van der Waals surface area contributed by atoms with E-state index in [0.29, 0.717) is 38.2 Å². The van der Waals surface area contributed by atoms with Crippen molar-refractivity contribution < 1.29 is 47.4 Å². The highest BCUT2D eigenvalue weighted by Gasteiger charge is 2.32. The van der Waals surface area contributed by atoms with E-state index in [1.54, 1.807) is 81.7 Å². The monoisotopic (exact) mass is 718 g/mol. The van der Waals surface area contributed by atoms with Crippen molar-refractivity contribution >= 4 is 45.2 Å². The molecule has 0 aliphatic heterocycles. The SMILES string of the molecule is COc1ccc([C@H](Cc2c(Cl)c[nH+]cc2Cl)OC(=O)c2cccc(S(=O)(=O)NC(C(=O)OC(C)(C)C)c3ccccc3)c2)cc1OC.[OH-]. The zero-order valence-corrected chi connectivity index (χ0v) is 29.2. The number of benzene rings is 3. The highest BCUT2D eigenvalue weighted by molar-refractivity contribution is 7.89. The summed E-state index contributed by atoms with van der Waals surface area (Å²) in [6.45, 7) is 5.05. The van der Waals surface area contributed by atoms with Crippen LogP contribution in [0, 0.1) is 0 Å². The Labute approximate surface area is 289 Å². The second-order valence-corrected chi connectivity index (χ2v) is 13.9. The van der Waals surface area contributed by atoms with Crippen molar-refractivity contribution in [1.29, 1.82) is 0 Å². The van der Waals surface area contributed by atoms with Crippen molar-refractivity contribution in [2.75, 3.05) is 14.2 Å². The van der Waals surface area contributed by atoms with Gasteiger partial charge in [-0.25, -0.2) is 23.0 Å². The van der Waals surface area contributed by atoms with Crippen LogP contribution >= 0.6 is 23.2 Å². The van der Waals surface area contributed by atoms with E-state index in [-0.39, 0.29) is 22.4 Å². The first-order valence-corrected chi connectivity index (χ1v) is 16.6. The van der Waals surface area contributed by atoms with Crippen molar-refractivity contribution in [3.8, 4) is 11.5 Å². The number of halogens is 2. The average molecular weight is 720 g/mol. The topological polar surface area (TPSA) is 161 Å². The molecule has 11 nitrogen and oxygen atoms in total. The summed E-state index contributed by atoms with van der Waals surface area (Å²) in [6.07, 6.45) is 2.27. The fourth-order valence-corrected chi connectivity index (χ4v) is 6.36. The Bertz CT molecular complexity index is 1830. The number of carbonyl (C=O) groups excluding carboxylic acids is 2. The van der Waals surface area contributed by atoms with Gasteiger partial charge in [-0.2, -0.15) is 4.72 Å². The molecule has 1 unspecified atom stereocenters. The number of hydrogen-bond donors (Lipinski definition) is 1. The third-order valence-corrected chi connectivity index (χ3v) is 8.94. The molecule has 0 amide bonds. The molecule has 1 aromatic heterocycles. The number of esters is 2.